The second-order valence-corrected chi connectivity index (χ2v) is 5.98. The maximum atomic E-state index is 12.0. The molecule has 5 nitrogen and oxygen atoms in total. The molecule has 2 heterocycles. The van der Waals surface area contributed by atoms with Crippen LogP contribution in [0, 0.1) is 0 Å². The van der Waals surface area contributed by atoms with E-state index in [0.717, 1.165) is 32.7 Å². The normalized spacial score (nSPS) is 27.1. The Balaban J connectivity index is 0.00000180. The lowest BCUT2D eigenvalue weighted by Crippen LogP contribution is -2.56. The first-order chi connectivity index (χ1) is 8.77. The highest BCUT2D eigenvalue weighted by Gasteiger charge is 2.27. The first kappa shape index (κ1) is 20.3. The number of nitrogens with zero attached hydrogens (tertiary/aromatic N) is 1. The van der Waals surface area contributed by atoms with Crippen LogP contribution in [-0.4, -0.2) is 73.8 Å². The topological polar surface area (TPSA) is 53.6 Å². The van der Waals surface area contributed by atoms with Crippen molar-refractivity contribution in [1.82, 2.24) is 15.5 Å². The van der Waals surface area contributed by atoms with E-state index in [2.05, 4.69) is 15.5 Å². The Morgan fingerprint density at radius 1 is 1.40 bits per heavy atom. The summed E-state index contributed by atoms with van der Waals surface area (Å²) in [5.41, 5.74) is 0. The molecular weight excluding hydrogens is 321 g/mol. The molecule has 2 atom stereocenters. The number of carbonyl (C=O) groups is 1. The van der Waals surface area contributed by atoms with Crippen LogP contribution in [0.25, 0.3) is 0 Å². The molecule has 0 unspecified atom stereocenters. The fourth-order valence-electron chi connectivity index (χ4n) is 2.30. The second-order valence-electron chi connectivity index (χ2n) is 4.75. The van der Waals surface area contributed by atoms with Gasteiger partial charge in [-0.25, -0.2) is 0 Å². The summed E-state index contributed by atoms with van der Waals surface area (Å²) in [5.74, 6) is 2.49. The molecule has 1 amide bonds. The van der Waals surface area contributed by atoms with Gasteiger partial charge in [0.25, 0.3) is 0 Å². The van der Waals surface area contributed by atoms with Crippen LogP contribution in [-0.2, 0) is 9.53 Å². The van der Waals surface area contributed by atoms with Crippen LogP contribution in [0.5, 0.6) is 0 Å². The second kappa shape index (κ2) is 10.9. The highest BCUT2D eigenvalue weighted by Crippen LogP contribution is 2.08. The number of thioether (sulfide) groups is 1. The minimum Gasteiger partial charge on any atom is -0.375 e. The lowest BCUT2D eigenvalue weighted by Gasteiger charge is -2.30. The number of rotatable bonds is 4. The van der Waals surface area contributed by atoms with Gasteiger partial charge in [0.1, 0.15) is 6.04 Å². The summed E-state index contributed by atoms with van der Waals surface area (Å²) in [7, 11) is 0. The van der Waals surface area contributed by atoms with Gasteiger partial charge in [0.2, 0.25) is 5.91 Å². The standard InChI is InChI=1S/C12H23N3O2S.2ClH/c1-10-11(13-3-7-17-10)12(16)14-2-4-15-5-8-18-9-6-15;;/h10-11,13H,2-9H2,1H3,(H,14,16);2*1H/t10-,11+;;/m1../s1. The summed E-state index contributed by atoms with van der Waals surface area (Å²) in [6.45, 7) is 7.35. The number of ether oxygens (including phenoxy) is 1. The molecule has 120 valence electrons. The Hall–Kier alpha value is 0.280. The number of halogens is 2. The molecule has 0 aromatic rings. The fourth-order valence-corrected chi connectivity index (χ4v) is 3.28. The third-order valence-electron chi connectivity index (χ3n) is 3.43. The smallest absolute Gasteiger partial charge is 0.239 e. The highest BCUT2D eigenvalue weighted by atomic mass is 35.5. The van der Waals surface area contributed by atoms with Crippen molar-refractivity contribution in [1.29, 1.82) is 0 Å². The number of hydrogen-bond donors (Lipinski definition) is 2. The molecule has 2 N–H and O–H groups in total. The van der Waals surface area contributed by atoms with Crippen LogP contribution in [0.4, 0.5) is 0 Å². The van der Waals surface area contributed by atoms with Crippen LogP contribution in [0.15, 0.2) is 0 Å². The van der Waals surface area contributed by atoms with Crippen molar-refractivity contribution in [3.05, 3.63) is 0 Å². The van der Waals surface area contributed by atoms with Gasteiger partial charge in [-0.2, -0.15) is 11.8 Å². The third kappa shape index (κ3) is 6.37. The van der Waals surface area contributed by atoms with Gasteiger partial charge in [-0.3, -0.25) is 9.69 Å². The van der Waals surface area contributed by atoms with Gasteiger partial charge in [0, 0.05) is 44.2 Å². The minimum atomic E-state index is -0.198. The number of morpholine rings is 1. The highest BCUT2D eigenvalue weighted by molar-refractivity contribution is 7.99. The van der Waals surface area contributed by atoms with Crippen molar-refractivity contribution < 1.29 is 9.53 Å². The van der Waals surface area contributed by atoms with Crippen LogP contribution in [0.1, 0.15) is 6.92 Å². The van der Waals surface area contributed by atoms with Crippen LogP contribution >= 0.6 is 36.6 Å². The zero-order valence-electron chi connectivity index (χ0n) is 11.8. The van der Waals surface area contributed by atoms with Crippen LogP contribution < -0.4 is 10.6 Å². The maximum absolute atomic E-state index is 12.0. The van der Waals surface area contributed by atoms with Crippen molar-refractivity contribution >= 4 is 42.5 Å². The SMILES string of the molecule is C[C@H]1OCCN[C@@H]1C(=O)NCCN1CCSCC1.Cl.Cl. The lowest BCUT2D eigenvalue weighted by atomic mass is 10.1. The fraction of sp³-hybridized carbons (Fsp3) is 0.917. The summed E-state index contributed by atoms with van der Waals surface area (Å²) in [4.78, 5) is 14.4. The number of carbonyl (C=O) groups excluding carboxylic acids is 1. The number of hydrogen-bond acceptors (Lipinski definition) is 5. The molecule has 0 radical (unpaired) electrons. The van der Waals surface area contributed by atoms with E-state index in [-0.39, 0.29) is 42.9 Å². The Kier molecular flexibility index (Phi) is 11.1. The molecule has 0 aromatic carbocycles. The van der Waals surface area contributed by atoms with Gasteiger partial charge >= 0.3 is 0 Å². The van der Waals surface area contributed by atoms with Gasteiger partial charge < -0.3 is 15.4 Å². The average Bonchev–Trinajstić information content (AvgIpc) is 2.40. The molecule has 2 aliphatic rings. The van der Waals surface area contributed by atoms with Gasteiger partial charge in [0.05, 0.1) is 12.7 Å². The Labute approximate surface area is 137 Å². The summed E-state index contributed by atoms with van der Waals surface area (Å²) in [6.07, 6.45) is -0.0369. The van der Waals surface area contributed by atoms with Crippen LogP contribution in [0.2, 0.25) is 0 Å². The van der Waals surface area contributed by atoms with E-state index in [9.17, 15) is 4.79 Å². The first-order valence-electron chi connectivity index (χ1n) is 6.70. The molecular formula is C12H25Cl2N3O2S. The van der Waals surface area contributed by atoms with Crippen molar-refractivity contribution in [2.24, 2.45) is 0 Å². The largest absolute Gasteiger partial charge is 0.375 e. The quantitative estimate of drug-likeness (QED) is 0.771. The average molecular weight is 346 g/mol. The Morgan fingerprint density at radius 3 is 2.75 bits per heavy atom. The molecule has 0 bridgehead atoms. The van der Waals surface area contributed by atoms with E-state index in [0.29, 0.717) is 6.61 Å². The molecule has 8 heteroatoms. The van der Waals surface area contributed by atoms with Crippen LogP contribution in [0.3, 0.4) is 0 Å². The Bertz CT molecular complexity index is 281. The van der Waals surface area contributed by atoms with Crippen molar-refractivity contribution in [2.75, 3.05) is 50.8 Å². The summed E-state index contributed by atoms with van der Waals surface area (Å²) in [6, 6.07) is -0.198. The zero-order valence-corrected chi connectivity index (χ0v) is 14.2. The summed E-state index contributed by atoms with van der Waals surface area (Å²) < 4.78 is 5.47. The summed E-state index contributed by atoms with van der Waals surface area (Å²) in [5, 5.41) is 6.20. The van der Waals surface area contributed by atoms with Gasteiger partial charge in [0.15, 0.2) is 0 Å². The molecule has 2 rings (SSSR count). The van der Waals surface area contributed by atoms with E-state index >= 15 is 0 Å². The first-order valence-corrected chi connectivity index (χ1v) is 7.85. The molecule has 0 aliphatic carbocycles. The molecule has 2 aliphatic heterocycles. The van der Waals surface area contributed by atoms with E-state index in [1.165, 1.54) is 11.5 Å². The predicted octanol–water partition coefficient (Wildman–Crippen LogP) is 0.372. The predicted molar refractivity (Wildman–Crippen MR) is 88.5 cm³/mol. The maximum Gasteiger partial charge on any atom is 0.239 e. The van der Waals surface area contributed by atoms with Crippen molar-refractivity contribution in [3.8, 4) is 0 Å². The molecule has 0 spiro atoms. The lowest BCUT2D eigenvalue weighted by molar-refractivity contribution is -0.128. The zero-order chi connectivity index (χ0) is 12.8. The molecule has 2 fully saturated rings. The number of nitrogens with one attached hydrogen (secondary N) is 2. The summed E-state index contributed by atoms with van der Waals surface area (Å²) >= 11 is 2.01. The third-order valence-corrected chi connectivity index (χ3v) is 4.37. The van der Waals surface area contributed by atoms with Crippen molar-refractivity contribution in [3.63, 3.8) is 0 Å². The van der Waals surface area contributed by atoms with E-state index in [4.69, 9.17) is 4.74 Å². The molecule has 0 aromatic heterocycles. The molecule has 0 saturated carbocycles. The van der Waals surface area contributed by atoms with Gasteiger partial charge in [-0.15, -0.1) is 24.8 Å². The Morgan fingerprint density at radius 2 is 2.10 bits per heavy atom. The monoisotopic (exact) mass is 345 g/mol. The number of amides is 1. The van der Waals surface area contributed by atoms with E-state index in [1.807, 2.05) is 18.7 Å². The molecule has 20 heavy (non-hydrogen) atoms. The van der Waals surface area contributed by atoms with E-state index in [1.54, 1.807) is 0 Å². The minimum absolute atomic E-state index is 0. The van der Waals surface area contributed by atoms with Gasteiger partial charge in [-0.1, -0.05) is 0 Å². The van der Waals surface area contributed by atoms with Gasteiger partial charge in [-0.05, 0) is 6.92 Å². The van der Waals surface area contributed by atoms with Crippen molar-refractivity contribution in [2.45, 2.75) is 19.1 Å². The molecule has 2 saturated heterocycles. The van der Waals surface area contributed by atoms with E-state index < -0.39 is 0 Å².